The van der Waals surface area contributed by atoms with Gasteiger partial charge in [-0.05, 0) is 6.92 Å². The van der Waals surface area contributed by atoms with Crippen molar-refractivity contribution in [1.29, 1.82) is 0 Å². The van der Waals surface area contributed by atoms with Gasteiger partial charge >= 0.3 is 12.0 Å². The zero-order valence-corrected chi connectivity index (χ0v) is 10.9. The number of aryl methyl sites for hydroxylation is 1. The van der Waals surface area contributed by atoms with Gasteiger partial charge in [-0.25, -0.2) is 9.59 Å². The van der Waals surface area contributed by atoms with Crippen LogP contribution in [0.3, 0.4) is 0 Å². The van der Waals surface area contributed by atoms with E-state index in [2.05, 4.69) is 15.5 Å². The summed E-state index contributed by atoms with van der Waals surface area (Å²) in [7, 11) is 0. The minimum atomic E-state index is -1.12. The molecule has 2 amide bonds. The van der Waals surface area contributed by atoms with E-state index < -0.39 is 24.1 Å². The molecule has 0 spiro atoms. The highest BCUT2D eigenvalue weighted by molar-refractivity contribution is 5.83. The standard InChI is InChI=1S/C11H16N4O5/c1-6-13-9(20-14-6)2-3-12-11(19)15-5-7(16)4-8(15)10(17)18/h7-8,16H,2-5H2,1H3,(H,12,19)(H,17,18)/t7-,8-/m0/s1. The number of aliphatic carboxylic acids is 1. The summed E-state index contributed by atoms with van der Waals surface area (Å²) in [5.41, 5.74) is 0. The van der Waals surface area contributed by atoms with E-state index in [0.717, 1.165) is 4.90 Å². The quantitative estimate of drug-likeness (QED) is 0.656. The molecule has 2 heterocycles. The smallest absolute Gasteiger partial charge is 0.326 e. The fourth-order valence-corrected chi connectivity index (χ4v) is 2.09. The van der Waals surface area contributed by atoms with Gasteiger partial charge in [-0.1, -0.05) is 5.16 Å². The molecule has 110 valence electrons. The highest BCUT2D eigenvalue weighted by Gasteiger charge is 2.38. The predicted molar refractivity (Wildman–Crippen MR) is 64.9 cm³/mol. The van der Waals surface area contributed by atoms with E-state index in [1.54, 1.807) is 6.92 Å². The number of carbonyl (C=O) groups excluding carboxylic acids is 1. The monoisotopic (exact) mass is 284 g/mol. The lowest BCUT2D eigenvalue weighted by atomic mass is 10.2. The first kappa shape index (κ1) is 14.3. The summed E-state index contributed by atoms with van der Waals surface area (Å²) in [5.74, 6) is -0.205. The lowest BCUT2D eigenvalue weighted by Crippen LogP contribution is -2.46. The van der Waals surface area contributed by atoms with Crippen LogP contribution in [0.2, 0.25) is 0 Å². The minimum absolute atomic E-state index is 0.0163. The molecule has 0 radical (unpaired) electrons. The lowest BCUT2D eigenvalue weighted by molar-refractivity contribution is -0.141. The van der Waals surface area contributed by atoms with Crippen molar-refractivity contribution >= 4 is 12.0 Å². The minimum Gasteiger partial charge on any atom is -0.480 e. The number of aromatic nitrogens is 2. The third-order valence-electron chi connectivity index (χ3n) is 3.01. The zero-order chi connectivity index (χ0) is 14.7. The number of rotatable bonds is 4. The average molecular weight is 284 g/mol. The number of aliphatic hydroxyl groups excluding tert-OH is 1. The number of urea groups is 1. The molecule has 1 aliphatic heterocycles. The Balaban J connectivity index is 1.83. The molecule has 3 N–H and O–H groups in total. The van der Waals surface area contributed by atoms with Crippen LogP contribution in [0.4, 0.5) is 4.79 Å². The molecule has 0 unspecified atom stereocenters. The maximum atomic E-state index is 11.9. The number of aliphatic hydroxyl groups is 1. The van der Waals surface area contributed by atoms with Crippen LogP contribution in [-0.4, -0.2) is 62.5 Å². The van der Waals surface area contributed by atoms with E-state index in [9.17, 15) is 14.7 Å². The van der Waals surface area contributed by atoms with Crippen molar-refractivity contribution < 1.29 is 24.3 Å². The maximum Gasteiger partial charge on any atom is 0.326 e. The first-order valence-corrected chi connectivity index (χ1v) is 6.22. The summed E-state index contributed by atoms with van der Waals surface area (Å²) in [5, 5.41) is 24.6. The van der Waals surface area contributed by atoms with Gasteiger partial charge in [0.15, 0.2) is 5.82 Å². The van der Waals surface area contributed by atoms with Crippen LogP contribution in [0.15, 0.2) is 4.52 Å². The molecule has 2 atom stereocenters. The van der Waals surface area contributed by atoms with E-state index in [0.29, 0.717) is 18.1 Å². The molecule has 20 heavy (non-hydrogen) atoms. The average Bonchev–Trinajstić information content (AvgIpc) is 2.95. The largest absolute Gasteiger partial charge is 0.480 e. The van der Waals surface area contributed by atoms with Crippen LogP contribution in [0.1, 0.15) is 18.1 Å². The van der Waals surface area contributed by atoms with Crippen molar-refractivity contribution in [1.82, 2.24) is 20.4 Å². The van der Waals surface area contributed by atoms with E-state index in [4.69, 9.17) is 9.63 Å². The molecule has 9 nitrogen and oxygen atoms in total. The van der Waals surface area contributed by atoms with Crippen LogP contribution >= 0.6 is 0 Å². The Morgan fingerprint density at radius 1 is 1.55 bits per heavy atom. The van der Waals surface area contributed by atoms with Gasteiger partial charge in [-0.15, -0.1) is 0 Å². The Kier molecular flexibility index (Phi) is 4.18. The number of hydrogen-bond acceptors (Lipinski definition) is 6. The third kappa shape index (κ3) is 3.23. The van der Waals surface area contributed by atoms with Crippen LogP contribution in [-0.2, 0) is 11.2 Å². The molecule has 1 aromatic rings. The second kappa shape index (κ2) is 5.87. The first-order chi connectivity index (χ1) is 9.47. The van der Waals surface area contributed by atoms with Gasteiger partial charge in [0.2, 0.25) is 5.89 Å². The fraction of sp³-hybridized carbons (Fsp3) is 0.636. The van der Waals surface area contributed by atoms with Gasteiger partial charge in [-0.2, -0.15) is 4.98 Å². The maximum absolute atomic E-state index is 11.9. The number of carboxylic acid groups (broad SMARTS) is 1. The summed E-state index contributed by atoms with van der Waals surface area (Å²) in [4.78, 5) is 28.0. The number of carboxylic acids is 1. The van der Waals surface area contributed by atoms with Crippen LogP contribution in [0, 0.1) is 6.92 Å². The Morgan fingerprint density at radius 2 is 2.30 bits per heavy atom. The van der Waals surface area contributed by atoms with Crippen molar-refractivity contribution in [3.63, 3.8) is 0 Å². The van der Waals surface area contributed by atoms with Gasteiger partial charge in [0.1, 0.15) is 6.04 Å². The van der Waals surface area contributed by atoms with Crippen molar-refractivity contribution in [2.24, 2.45) is 0 Å². The zero-order valence-electron chi connectivity index (χ0n) is 10.9. The normalized spacial score (nSPS) is 22.0. The molecular formula is C11H16N4O5. The molecule has 9 heteroatoms. The molecule has 1 aromatic heterocycles. The number of hydrogen-bond donors (Lipinski definition) is 3. The highest BCUT2D eigenvalue weighted by atomic mass is 16.5. The number of carbonyl (C=O) groups is 2. The van der Waals surface area contributed by atoms with Gasteiger partial charge < -0.3 is 25.0 Å². The molecule has 0 saturated carbocycles. The van der Waals surface area contributed by atoms with Crippen molar-refractivity contribution in [2.45, 2.75) is 31.9 Å². The molecule has 0 aliphatic carbocycles. The Labute approximate surface area is 114 Å². The summed E-state index contributed by atoms with van der Waals surface area (Å²) < 4.78 is 4.89. The fourth-order valence-electron chi connectivity index (χ4n) is 2.09. The second-order valence-electron chi connectivity index (χ2n) is 4.61. The van der Waals surface area contributed by atoms with E-state index >= 15 is 0 Å². The van der Waals surface area contributed by atoms with Gasteiger partial charge in [0.25, 0.3) is 0 Å². The Hall–Kier alpha value is -2.16. The van der Waals surface area contributed by atoms with Gasteiger partial charge in [0.05, 0.1) is 6.10 Å². The molecule has 0 bridgehead atoms. The second-order valence-corrected chi connectivity index (χ2v) is 4.61. The molecule has 1 saturated heterocycles. The van der Waals surface area contributed by atoms with Crippen LogP contribution in [0.25, 0.3) is 0 Å². The SMILES string of the molecule is Cc1noc(CCNC(=O)N2C[C@@H](O)C[C@H]2C(=O)O)n1. The van der Waals surface area contributed by atoms with E-state index in [-0.39, 0.29) is 19.5 Å². The predicted octanol–water partition coefficient (Wildman–Crippen LogP) is -0.850. The lowest BCUT2D eigenvalue weighted by Gasteiger charge is -2.21. The van der Waals surface area contributed by atoms with Gasteiger partial charge in [-0.3, -0.25) is 0 Å². The molecule has 0 aromatic carbocycles. The Bertz CT molecular complexity index is 503. The summed E-state index contributed by atoms with van der Waals surface area (Å²) in [6.07, 6.45) is -0.396. The number of amides is 2. The third-order valence-corrected chi connectivity index (χ3v) is 3.01. The van der Waals surface area contributed by atoms with E-state index in [1.165, 1.54) is 0 Å². The van der Waals surface area contributed by atoms with Crippen molar-refractivity contribution in [2.75, 3.05) is 13.1 Å². The topological polar surface area (TPSA) is 129 Å². The number of nitrogens with zero attached hydrogens (tertiary/aromatic N) is 3. The van der Waals surface area contributed by atoms with Gasteiger partial charge in [0, 0.05) is 25.9 Å². The summed E-state index contributed by atoms with van der Waals surface area (Å²) in [6.45, 7) is 1.95. The molecule has 1 fully saturated rings. The van der Waals surface area contributed by atoms with Crippen LogP contribution < -0.4 is 5.32 Å². The number of β-amino-alcohol motifs (C(OH)–C–C–N with tert-alkyl or cyclic N) is 1. The molecule has 1 aliphatic rings. The molecular weight excluding hydrogens is 268 g/mol. The number of nitrogens with one attached hydrogen (secondary N) is 1. The van der Waals surface area contributed by atoms with Crippen LogP contribution in [0.5, 0.6) is 0 Å². The number of likely N-dealkylation sites (tertiary alicyclic amines) is 1. The Morgan fingerprint density at radius 3 is 2.90 bits per heavy atom. The summed E-state index contributed by atoms with van der Waals surface area (Å²) >= 11 is 0. The van der Waals surface area contributed by atoms with E-state index in [1.807, 2.05) is 0 Å². The highest BCUT2D eigenvalue weighted by Crippen LogP contribution is 2.17. The van der Waals surface area contributed by atoms with Crippen molar-refractivity contribution in [3.8, 4) is 0 Å². The molecule has 2 rings (SSSR count). The first-order valence-electron chi connectivity index (χ1n) is 6.22. The van der Waals surface area contributed by atoms with Crippen molar-refractivity contribution in [3.05, 3.63) is 11.7 Å². The summed E-state index contributed by atoms with van der Waals surface area (Å²) in [6, 6.07) is -1.51.